The van der Waals surface area contributed by atoms with Crippen LogP contribution in [0.15, 0.2) is 30.3 Å². The van der Waals surface area contributed by atoms with Crippen molar-refractivity contribution in [1.82, 2.24) is 5.32 Å². The zero-order chi connectivity index (χ0) is 9.10. The normalized spacial score (nSPS) is 27.8. The second-order valence-corrected chi connectivity index (χ2v) is 3.50. The van der Waals surface area contributed by atoms with E-state index in [2.05, 4.69) is 29.6 Å². The maximum Gasteiger partial charge on any atom is 0.105 e. The molecule has 2 heteroatoms. The average Bonchev–Trinajstić information content (AvgIpc) is 2.53. The quantitative estimate of drug-likeness (QED) is 0.740. The van der Waals surface area contributed by atoms with E-state index in [1.807, 2.05) is 13.0 Å². The van der Waals surface area contributed by atoms with Crippen LogP contribution < -0.4 is 5.32 Å². The molecule has 13 heavy (non-hydrogen) atoms. The number of hydrogen-bond donors (Lipinski definition) is 1. The van der Waals surface area contributed by atoms with Gasteiger partial charge in [-0.15, -0.1) is 0 Å². The molecule has 0 saturated carbocycles. The Labute approximate surface area is 78.9 Å². The largest absolute Gasteiger partial charge is 0.359 e. The van der Waals surface area contributed by atoms with Gasteiger partial charge in [-0.1, -0.05) is 30.3 Å². The summed E-state index contributed by atoms with van der Waals surface area (Å²) >= 11 is 0. The molecule has 1 aromatic rings. The van der Waals surface area contributed by atoms with Crippen molar-refractivity contribution in [2.75, 3.05) is 6.54 Å². The lowest BCUT2D eigenvalue weighted by molar-refractivity contribution is 0.0537. The van der Waals surface area contributed by atoms with Gasteiger partial charge in [0.25, 0.3) is 0 Å². The number of hydrogen-bond acceptors (Lipinski definition) is 2. The Hall–Kier alpha value is -0.860. The van der Waals surface area contributed by atoms with Gasteiger partial charge in [0.1, 0.15) is 6.23 Å². The van der Waals surface area contributed by atoms with Crippen LogP contribution >= 0.6 is 0 Å². The average molecular weight is 177 g/mol. The molecule has 1 fully saturated rings. The lowest BCUT2D eigenvalue weighted by atomic mass is 10.1. The first-order valence-electron chi connectivity index (χ1n) is 4.77. The number of ether oxygens (including phenoxy) is 1. The molecule has 1 heterocycles. The van der Waals surface area contributed by atoms with Gasteiger partial charge in [-0.3, -0.25) is 5.32 Å². The van der Waals surface area contributed by atoms with E-state index in [-0.39, 0.29) is 6.23 Å². The van der Waals surface area contributed by atoms with Gasteiger partial charge in [0.05, 0.1) is 6.10 Å². The van der Waals surface area contributed by atoms with Crippen molar-refractivity contribution < 1.29 is 4.74 Å². The molecule has 1 aliphatic rings. The summed E-state index contributed by atoms with van der Waals surface area (Å²) in [5.41, 5.74) is 1.35. The molecule has 1 saturated heterocycles. The molecule has 70 valence electrons. The molecular weight excluding hydrogens is 162 g/mol. The van der Waals surface area contributed by atoms with Crippen LogP contribution in [0.3, 0.4) is 0 Å². The van der Waals surface area contributed by atoms with Gasteiger partial charge in [0.15, 0.2) is 0 Å². The summed E-state index contributed by atoms with van der Waals surface area (Å²) in [7, 11) is 0. The molecule has 1 aromatic carbocycles. The molecule has 0 amide bonds. The van der Waals surface area contributed by atoms with Gasteiger partial charge in [-0.25, -0.2) is 0 Å². The van der Waals surface area contributed by atoms with Crippen LogP contribution in [0.25, 0.3) is 0 Å². The molecule has 0 bridgehead atoms. The Morgan fingerprint density at radius 2 is 2.15 bits per heavy atom. The molecule has 2 unspecified atom stereocenters. The van der Waals surface area contributed by atoms with Crippen LogP contribution in [-0.4, -0.2) is 18.9 Å². The third-order valence-corrected chi connectivity index (χ3v) is 2.34. The lowest BCUT2D eigenvalue weighted by Crippen LogP contribution is -2.18. The van der Waals surface area contributed by atoms with Crippen molar-refractivity contribution in [2.24, 2.45) is 0 Å². The maximum atomic E-state index is 5.65. The van der Waals surface area contributed by atoms with E-state index < -0.39 is 0 Å². The Morgan fingerprint density at radius 3 is 2.77 bits per heavy atom. The molecule has 2 atom stereocenters. The van der Waals surface area contributed by atoms with E-state index in [1.54, 1.807) is 0 Å². The van der Waals surface area contributed by atoms with Gasteiger partial charge < -0.3 is 4.74 Å². The summed E-state index contributed by atoms with van der Waals surface area (Å²) in [6.45, 7) is 3.01. The fourth-order valence-corrected chi connectivity index (χ4v) is 1.68. The van der Waals surface area contributed by atoms with Crippen LogP contribution in [0.4, 0.5) is 0 Å². The summed E-state index contributed by atoms with van der Waals surface area (Å²) in [6.07, 6.45) is 1.57. The number of rotatable bonds is 2. The monoisotopic (exact) mass is 177 g/mol. The van der Waals surface area contributed by atoms with Crippen molar-refractivity contribution in [3.8, 4) is 0 Å². The summed E-state index contributed by atoms with van der Waals surface area (Å²) < 4.78 is 5.65. The molecule has 0 radical (unpaired) electrons. The van der Waals surface area contributed by atoms with Gasteiger partial charge in [-0.05, 0) is 18.9 Å². The van der Waals surface area contributed by atoms with E-state index in [0.29, 0.717) is 6.10 Å². The van der Waals surface area contributed by atoms with Crippen molar-refractivity contribution >= 4 is 0 Å². The Kier molecular flexibility index (Phi) is 2.62. The highest BCUT2D eigenvalue weighted by atomic mass is 16.5. The molecule has 0 aliphatic carbocycles. The highest BCUT2D eigenvalue weighted by molar-refractivity contribution is 5.15. The number of nitrogens with one attached hydrogen (secondary N) is 1. The second kappa shape index (κ2) is 3.90. The first-order chi connectivity index (χ1) is 6.34. The molecule has 1 aliphatic heterocycles. The molecule has 1 N–H and O–H groups in total. The Morgan fingerprint density at radius 1 is 1.38 bits per heavy atom. The maximum absolute atomic E-state index is 5.65. The third kappa shape index (κ3) is 2.29. The van der Waals surface area contributed by atoms with E-state index in [4.69, 9.17) is 4.74 Å². The lowest BCUT2D eigenvalue weighted by Gasteiger charge is -2.09. The Bertz CT molecular complexity index is 260. The number of benzene rings is 1. The summed E-state index contributed by atoms with van der Waals surface area (Å²) in [6, 6.07) is 10.5. The van der Waals surface area contributed by atoms with Crippen molar-refractivity contribution in [2.45, 2.75) is 25.7 Å². The molecule has 2 rings (SSSR count). The predicted molar refractivity (Wildman–Crippen MR) is 52.5 cm³/mol. The first-order valence-corrected chi connectivity index (χ1v) is 4.77. The second-order valence-electron chi connectivity index (χ2n) is 3.50. The highest BCUT2D eigenvalue weighted by Gasteiger charge is 2.20. The van der Waals surface area contributed by atoms with Gasteiger partial charge in [0.2, 0.25) is 0 Å². The first kappa shape index (κ1) is 8.73. The van der Waals surface area contributed by atoms with E-state index in [1.165, 1.54) is 5.56 Å². The van der Waals surface area contributed by atoms with Crippen LogP contribution in [0, 0.1) is 0 Å². The fraction of sp³-hybridized carbons (Fsp3) is 0.455. The van der Waals surface area contributed by atoms with Crippen LogP contribution in [-0.2, 0) is 11.2 Å². The molecular formula is C11H15NO. The zero-order valence-electron chi connectivity index (χ0n) is 7.86. The molecule has 2 nitrogen and oxygen atoms in total. The molecule has 0 aromatic heterocycles. The summed E-state index contributed by atoms with van der Waals surface area (Å²) in [4.78, 5) is 0. The van der Waals surface area contributed by atoms with E-state index in [0.717, 1.165) is 13.0 Å². The zero-order valence-corrected chi connectivity index (χ0v) is 7.86. The SMILES string of the molecule is CC1NCC(Cc2ccccc2)O1. The van der Waals surface area contributed by atoms with E-state index in [9.17, 15) is 0 Å². The Balaban J connectivity index is 1.92. The topological polar surface area (TPSA) is 21.3 Å². The van der Waals surface area contributed by atoms with Gasteiger partial charge in [0, 0.05) is 6.54 Å². The predicted octanol–water partition coefficient (Wildman–Crippen LogP) is 1.56. The smallest absolute Gasteiger partial charge is 0.105 e. The van der Waals surface area contributed by atoms with Crippen molar-refractivity contribution in [3.63, 3.8) is 0 Å². The summed E-state index contributed by atoms with van der Waals surface area (Å²) in [5, 5.41) is 3.27. The van der Waals surface area contributed by atoms with Crippen LogP contribution in [0.2, 0.25) is 0 Å². The molecule has 0 spiro atoms. The summed E-state index contributed by atoms with van der Waals surface area (Å²) in [5.74, 6) is 0. The third-order valence-electron chi connectivity index (χ3n) is 2.34. The minimum Gasteiger partial charge on any atom is -0.359 e. The van der Waals surface area contributed by atoms with Crippen LogP contribution in [0.5, 0.6) is 0 Å². The van der Waals surface area contributed by atoms with Gasteiger partial charge >= 0.3 is 0 Å². The fourth-order valence-electron chi connectivity index (χ4n) is 1.68. The van der Waals surface area contributed by atoms with Crippen LogP contribution in [0.1, 0.15) is 12.5 Å². The van der Waals surface area contributed by atoms with Crippen molar-refractivity contribution in [3.05, 3.63) is 35.9 Å². The minimum absolute atomic E-state index is 0.216. The van der Waals surface area contributed by atoms with Gasteiger partial charge in [-0.2, -0.15) is 0 Å². The minimum atomic E-state index is 0.216. The van der Waals surface area contributed by atoms with Crippen molar-refractivity contribution in [1.29, 1.82) is 0 Å². The standard InChI is InChI=1S/C11H15NO/c1-9-12-8-11(13-9)7-10-5-3-2-4-6-10/h2-6,9,11-12H,7-8H2,1H3. The highest BCUT2D eigenvalue weighted by Crippen LogP contribution is 2.10. The van der Waals surface area contributed by atoms with E-state index >= 15 is 0 Å².